The number of nitrogens with one attached hydrogen (secondary N) is 1. The summed E-state index contributed by atoms with van der Waals surface area (Å²) in [6.07, 6.45) is 1.64. The maximum absolute atomic E-state index is 12.2. The lowest BCUT2D eigenvalue weighted by Gasteiger charge is -2.10. The van der Waals surface area contributed by atoms with E-state index in [1.165, 1.54) is 10.5 Å². The predicted molar refractivity (Wildman–Crippen MR) is 89.4 cm³/mol. The van der Waals surface area contributed by atoms with Gasteiger partial charge in [0.2, 0.25) is 5.91 Å². The van der Waals surface area contributed by atoms with Crippen LogP contribution >= 0.6 is 11.8 Å². The third kappa shape index (κ3) is 3.83. The van der Waals surface area contributed by atoms with Gasteiger partial charge in [0.05, 0.1) is 11.9 Å². The van der Waals surface area contributed by atoms with E-state index in [2.05, 4.69) is 17.4 Å². The number of amides is 1. The van der Waals surface area contributed by atoms with Crippen molar-refractivity contribution in [3.05, 3.63) is 60.2 Å². The molecule has 114 valence electrons. The fourth-order valence-electron chi connectivity index (χ4n) is 2.43. The van der Waals surface area contributed by atoms with E-state index >= 15 is 0 Å². The first-order valence-electron chi connectivity index (χ1n) is 7.53. The highest BCUT2D eigenvalue weighted by atomic mass is 32.2. The number of carbonyl (C=O) groups is 1. The van der Waals surface area contributed by atoms with Crippen LogP contribution in [-0.4, -0.2) is 24.3 Å². The van der Waals surface area contributed by atoms with Gasteiger partial charge in [-0.2, -0.15) is 0 Å². The van der Waals surface area contributed by atoms with Crippen molar-refractivity contribution in [3.63, 3.8) is 0 Å². The first-order chi connectivity index (χ1) is 10.8. The molecule has 1 aliphatic heterocycles. The highest BCUT2D eigenvalue weighted by molar-refractivity contribution is 8.01. The van der Waals surface area contributed by atoms with Crippen LogP contribution in [0.3, 0.4) is 0 Å². The predicted octanol–water partition coefficient (Wildman–Crippen LogP) is 3.29. The lowest BCUT2D eigenvalue weighted by Crippen LogP contribution is -2.33. The molecule has 3 nitrogen and oxygen atoms in total. The van der Waals surface area contributed by atoms with Crippen LogP contribution in [-0.2, 0) is 11.2 Å². The first kappa shape index (κ1) is 15.0. The molecule has 1 atom stereocenters. The molecular formula is C18H19NO2S. The van der Waals surface area contributed by atoms with E-state index in [1.807, 2.05) is 42.5 Å². The van der Waals surface area contributed by atoms with Crippen LogP contribution in [0.4, 0.5) is 0 Å². The summed E-state index contributed by atoms with van der Waals surface area (Å²) in [6, 6.07) is 18.0. The van der Waals surface area contributed by atoms with Crippen molar-refractivity contribution in [1.29, 1.82) is 0 Å². The molecule has 0 aromatic heterocycles. The summed E-state index contributed by atoms with van der Waals surface area (Å²) in [5, 5.41) is 3.01. The number of ether oxygens (including phenoxy) is 1. The van der Waals surface area contributed by atoms with Gasteiger partial charge in [-0.3, -0.25) is 4.79 Å². The maximum Gasteiger partial charge on any atom is 0.233 e. The Bertz CT molecular complexity index is 605. The van der Waals surface area contributed by atoms with E-state index in [1.54, 1.807) is 11.8 Å². The van der Waals surface area contributed by atoms with Gasteiger partial charge in [0.25, 0.3) is 0 Å². The Balaban J connectivity index is 1.35. The zero-order valence-electron chi connectivity index (χ0n) is 12.3. The first-order valence-corrected chi connectivity index (χ1v) is 8.41. The van der Waals surface area contributed by atoms with Crippen LogP contribution < -0.4 is 10.1 Å². The molecule has 1 heterocycles. The number of carbonyl (C=O) groups excluding carboxylic acids is 1. The van der Waals surface area contributed by atoms with Gasteiger partial charge in [0.15, 0.2) is 0 Å². The van der Waals surface area contributed by atoms with Crippen molar-refractivity contribution in [3.8, 4) is 5.75 Å². The Morgan fingerprint density at radius 2 is 1.91 bits per heavy atom. The standard InChI is InChI=1S/C18H19NO2S/c20-18(17-13-14-7-4-5-10-16(14)22-17)19-11-6-12-21-15-8-2-1-3-9-15/h1-5,7-10,17H,6,11-13H2,(H,19,20). The number of benzene rings is 2. The Hall–Kier alpha value is -1.94. The molecule has 0 saturated heterocycles. The van der Waals surface area contributed by atoms with E-state index in [4.69, 9.17) is 4.74 Å². The smallest absolute Gasteiger partial charge is 0.233 e. The van der Waals surface area contributed by atoms with Gasteiger partial charge >= 0.3 is 0 Å². The van der Waals surface area contributed by atoms with E-state index in [0.717, 1.165) is 18.6 Å². The molecule has 0 aliphatic carbocycles. The van der Waals surface area contributed by atoms with Crippen molar-refractivity contribution in [2.45, 2.75) is 23.0 Å². The minimum absolute atomic E-state index is 0.00689. The Morgan fingerprint density at radius 3 is 2.73 bits per heavy atom. The van der Waals surface area contributed by atoms with E-state index in [0.29, 0.717) is 13.2 Å². The molecule has 1 N–H and O–H groups in total. The van der Waals surface area contributed by atoms with Crippen molar-refractivity contribution in [2.75, 3.05) is 13.2 Å². The van der Waals surface area contributed by atoms with Crippen LogP contribution in [0.15, 0.2) is 59.5 Å². The lowest BCUT2D eigenvalue weighted by atomic mass is 10.1. The van der Waals surface area contributed by atoms with Crippen LogP contribution in [0.5, 0.6) is 5.75 Å². The van der Waals surface area contributed by atoms with Crippen LogP contribution in [0, 0.1) is 0 Å². The van der Waals surface area contributed by atoms with Gasteiger partial charge in [-0.25, -0.2) is 0 Å². The third-order valence-electron chi connectivity index (χ3n) is 3.57. The summed E-state index contributed by atoms with van der Waals surface area (Å²) in [6.45, 7) is 1.27. The van der Waals surface area contributed by atoms with Gasteiger partial charge in [-0.05, 0) is 36.6 Å². The third-order valence-corrected chi connectivity index (χ3v) is 4.89. The topological polar surface area (TPSA) is 38.3 Å². The summed E-state index contributed by atoms with van der Waals surface area (Å²) < 4.78 is 5.61. The van der Waals surface area contributed by atoms with Crippen molar-refractivity contribution >= 4 is 17.7 Å². The Kier molecular flexibility index (Phi) is 5.01. The fourth-order valence-corrected chi connectivity index (χ4v) is 3.65. The molecule has 4 heteroatoms. The number of thioether (sulfide) groups is 1. The summed E-state index contributed by atoms with van der Waals surface area (Å²) in [5.74, 6) is 0.997. The van der Waals surface area contributed by atoms with E-state index in [-0.39, 0.29) is 11.2 Å². The average Bonchev–Trinajstić information content (AvgIpc) is 2.99. The second-order valence-electron chi connectivity index (χ2n) is 5.22. The minimum atomic E-state index is 0.00689. The zero-order valence-corrected chi connectivity index (χ0v) is 13.1. The second-order valence-corrected chi connectivity index (χ2v) is 6.47. The Morgan fingerprint density at radius 1 is 1.14 bits per heavy atom. The summed E-state index contributed by atoms with van der Waals surface area (Å²) in [4.78, 5) is 13.4. The molecule has 0 saturated carbocycles. The molecule has 1 unspecified atom stereocenters. The molecule has 0 fully saturated rings. The van der Waals surface area contributed by atoms with Crippen LogP contribution in [0.25, 0.3) is 0 Å². The molecule has 2 aromatic carbocycles. The molecule has 0 spiro atoms. The summed E-state index contributed by atoms with van der Waals surface area (Å²) >= 11 is 1.66. The van der Waals surface area contributed by atoms with Crippen molar-refractivity contribution in [2.24, 2.45) is 0 Å². The normalized spacial score (nSPS) is 16.1. The van der Waals surface area contributed by atoms with Crippen LogP contribution in [0.2, 0.25) is 0 Å². The highest BCUT2D eigenvalue weighted by Gasteiger charge is 2.27. The molecule has 1 amide bonds. The van der Waals surface area contributed by atoms with Crippen molar-refractivity contribution in [1.82, 2.24) is 5.32 Å². The van der Waals surface area contributed by atoms with Gasteiger partial charge in [0.1, 0.15) is 5.75 Å². The lowest BCUT2D eigenvalue weighted by molar-refractivity contribution is -0.120. The SMILES string of the molecule is O=C(NCCCOc1ccccc1)C1Cc2ccccc2S1. The quantitative estimate of drug-likeness (QED) is 0.832. The maximum atomic E-state index is 12.2. The van der Waals surface area contributed by atoms with E-state index < -0.39 is 0 Å². The number of hydrogen-bond acceptors (Lipinski definition) is 3. The zero-order chi connectivity index (χ0) is 15.2. The average molecular weight is 313 g/mol. The largest absolute Gasteiger partial charge is 0.494 e. The number of rotatable bonds is 6. The van der Waals surface area contributed by atoms with E-state index in [9.17, 15) is 4.79 Å². The van der Waals surface area contributed by atoms with Crippen LogP contribution in [0.1, 0.15) is 12.0 Å². The molecular weight excluding hydrogens is 294 g/mol. The minimum Gasteiger partial charge on any atom is -0.494 e. The molecule has 22 heavy (non-hydrogen) atoms. The second kappa shape index (κ2) is 7.36. The summed E-state index contributed by atoms with van der Waals surface area (Å²) in [5.41, 5.74) is 1.28. The number of hydrogen-bond donors (Lipinski definition) is 1. The monoisotopic (exact) mass is 313 g/mol. The van der Waals surface area contributed by atoms with Gasteiger partial charge < -0.3 is 10.1 Å². The highest BCUT2D eigenvalue weighted by Crippen LogP contribution is 2.36. The molecule has 3 rings (SSSR count). The number of fused-ring (bicyclic) bond motifs is 1. The van der Waals surface area contributed by atoms with Gasteiger partial charge in [-0.15, -0.1) is 11.8 Å². The molecule has 1 aliphatic rings. The molecule has 0 radical (unpaired) electrons. The van der Waals surface area contributed by atoms with Gasteiger partial charge in [0, 0.05) is 11.4 Å². The molecule has 2 aromatic rings. The van der Waals surface area contributed by atoms with Crippen molar-refractivity contribution < 1.29 is 9.53 Å². The Labute approximate surface area is 135 Å². The fraction of sp³-hybridized carbons (Fsp3) is 0.278. The molecule has 0 bridgehead atoms. The number of para-hydroxylation sites is 1. The summed E-state index contributed by atoms with van der Waals surface area (Å²) in [7, 11) is 0. The van der Waals surface area contributed by atoms with Gasteiger partial charge in [-0.1, -0.05) is 36.4 Å².